The van der Waals surface area contributed by atoms with E-state index >= 15 is 0 Å². The molecule has 113 heavy (non-hydrogen) atoms. The molecule has 0 bridgehead atoms. The van der Waals surface area contributed by atoms with Gasteiger partial charge in [0.05, 0.1) is 47.6 Å². The maximum Gasteiger partial charge on any atom is 0.336 e. The summed E-state index contributed by atoms with van der Waals surface area (Å²) in [7, 11) is 8.00. The predicted molar refractivity (Wildman–Crippen MR) is 404 cm³/mol. The van der Waals surface area contributed by atoms with Crippen LogP contribution in [0.15, 0.2) is 158 Å². The van der Waals surface area contributed by atoms with Crippen LogP contribution in [0.5, 0.6) is 28.7 Å². The highest BCUT2D eigenvalue weighted by atomic mass is 19.3. The highest BCUT2D eigenvalue weighted by Crippen LogP contribution is 2.46. The number of amides is 5. The van der Waals surface area contributed by atoms with E-state index in [-0.39, 0.29) is 144 Å². The molecule has 5 amide bonds. The number of aromatic hydroxyl groups is 1. The van der Waals surface area contributed by atoms with E-state index in [2.05, 4.69) is 9.97 Å². The number of likely N-dealkylation sites (tertiary alicyclic amines) is 2. The van der Waals surface area contributed by atoms with Crippen molar-refractivity contribution < 1.29 is 88.7 Å². The molecule has 8 aromatic carbocycles. The van der Waals surface area contributed by atoms with Gasteiger partial charge >= 0.3 is 5.97 Å². The van der Waals surface area contributed by atoms with Crippen LogP contribution in [0, 0.1) is 17.5 Å². The van der Waals surface area contributed by atoms with Crippen molar-refractivity contribution in [1.82, 2.24) is 39.5 Å². The number of hydrogen-bond acceptors (Lipinski definition) is 14. The number of pyridine rings is 3. The number of aromatic carboxylic acids is 1. The van der Waals surface area contributed by atoms with Gasteiger partial charge in [-0.05, 0) is 143 Å². The van der Waals surface area contributed by atoms with Gasteiger partial charge in [0.1, 0.15) is 58.7 Å². The third-order valence-corrected chi connectivity index (χ3v) is 20.9. The lowest BCUT2D eigenvalue weighted by atomic mass is 9.93. The highest BCUT2D eigenvalue weighted by molar-refractivity contribution is 6.18. The first-order valence-electron chi connectivity index (χ1n) is 36.3. The molecule has 27 heteroatoms. The van der Waals surface area contributed by atoms with Crippen LogP contribution in [-0.4, -0.2) is 159 Å². The Hall–Kier alpha value is -12.7. The maximum atomic E-state index is 14.1. The second-order valence-corrected chi connectivity index (χ2v) is 28.7. The monoisotopic (exact) mass is 1540 g/mol. The molecule has 11 aromatic rings. The van der Waals surface area contributed by atoms with E-state index in [0.29, 0.717) is 74.6 Å². The van der Waals surface area contributed by atoms with E-state index in [4.69, 9.17) is 23.9 Å². The number of rotatable bonds is 17. The predicted octanol–water partition coefficient (Wildman–Crippen LogP) is 15.0. The fourth-order valence-corrected chi connectivity index (χ4v) is 14.9. The first-order chi connectivity index (χ1) is 54.1. The molecule has 3 aromatic heterocycles. The normalized spacial score (nSPS) is 15.3. The number of hydrogen-bond donors (Lipinski definition) is 2. The molecule has 8 heterocycles. The number of fused-ring (bicyclic) bond motifs is 6. The lowest BCUT2D eigenvalue weighted by Gasteiger charge is -2.32. The second kappa shape index (κ2) is 31.6. The summed E-state index contributed by atoms with van der Waals surface area (Å²) in [6, 6.07) is 38.2. The van der Waals surface area contributed by atoms with Gasteiger partial charge in [-0.25, -0.2) is 35.5 Å². The lowest BCUT2D eigenvalue weighted by molar-refractivity contribution is -0.0503. The molecule has 5 aliphatic rings. The zero-order valence-corrected chi connectivity index (χ0v) is 62.0. The van der Waals surface area contributed by atoms with Crippen LogP contribution >= 0.6 is 0 Å². The van der Waals surface area contributed by atoms with Crippen molar-refractivity contribution in [3.05, 3.63) is 270 Å². The minimum Gasteiger partial charge on any atom is -0.505 e. The van der Waals surface area contributed by atoms with Gasteiger partial charge in [-0.15, -0.1) is 0 Å². The number of carbonyl (C=O) groups excluding carboxylic acids is 5. The number of carboxylic acid groups (broad SMARTS) is 1. The minimum absolute atomic E-state index is 0.0273. The van der Waals surface area contributed by atoms with E-state index in [1.807, 2.05) is 54.6 Å². The Balaban J connectivity index is 0.000000142. The average Bonchev–Trinajstić information content (AvgIpc) is 1.66. The summed E-state index contributed by atoms with van der Waals surface area (Å²) in [5.41, 5.74) is 9.55. The number of nitrogens with zero attached hydrogens (tertiary/aromatic N) is 8. The molecule has 0 atom stereocenters. The number of carboxylic acids is 1. The van der Waals surface area contributed by atoms with Crippen LogP contribution < -0.4 is 18.9 Å². The fourth-order valence-electron chi connectivity index (χ4n) is 14.9. The molecule has 5 aliphatic heterocycles. The summed E-state index contributed by atoms with van der Waals surface area (Å²) in [6.07, 6.45) is 4.40. The van der Waals surface area contributed by atoms with Crippen LogP contribution in [0.3, 0.4) is 0 Å². The zero-order chi connectivity index (χ0) is 79.9. The van der Waals surface area contributed by atoms with Crippen LogP contribution in [0.25, 0.3) is 32.7 Å². The quantitative estimate of drug-likeness (QED) is 0.0807. The molecule has 20 nitrogen and oxygen atoms in total. The summed E-state index contributed by atoms with van der Waals surface area (Å²) < 4.78 is 118. The summed E-state index contributed by atoms with van der Waals surface area (Å²) in [5.74, 6) is -8.06. The van der Waals surface area contributed by atoms with Crippen molar-refractivity contribution in [2.75, 3.05) is 61.5 Å². The van der Waals surface area contributed by atoms with Crippen LogP contribution in [0.1, 0.15) is 149 Å². The molecule has 0 spiro atoms. The van der Waals surface area contributed by atoms with Gasteiger partial charge in [-0.2, -0.15) is 0 Å². The molecule has 2 fully saturated rings. The topological polar surface area (TPSA) is 235 Å². The summed E-state index contributed by atoms with van der Waals surface area (Å²) in [4.78, 5) is 100. The van der Waals surface area contributed by atoms with Crippen molar-refractivity contribution in [2.45, 2.75) is 89.6 Å². The second-order valence-electron chi connectivity index (χ2n) is 28.7. The molecular formula is C86H75F7N8O12. The smallest absolute Gasteiger partial charge is 0.336 e. The number of methoxy groups -OCH3 is 2. The SMILES string of the molecule is CN1Cc2c(c(O)c3ncc(Cc4ccc(F)cc4)cc3c2C(=O)N2CCC(F)(F)CC2)C1=O.COc1ccc(COc2c3c(c(C(=O)N4CCC(F)(F)CC4)c4cc(Cc5ccc(F)cc5)cnc24)CN(C)C3=O)cc1.COc1ccc(COc2c3c(c(C(=O)O)c4cc(Cc5ccc(F)cc5)cnc24)CN(C)C3=O)cc1. The molecule has 0 aliphatic carbocycles. The van der Waals surface area contributed by atoms with Crippen LogP contribution in [-0.2, 0) is 52.1 Å². The van der Waals surface area contributed by atoms with Gasteiger partial charge in [0.2, 0.25) is 0 Å². The molecule has 2 N–H and O–H groups in total. The van der Waals surface area contributed by atoms with Gasteiger partial charge in [-0.1, -0.05) is 60.7 Å². The lowest BCUT2D eigenvalue weighted by Crippen LogP contribution is -2.43. The van der Waals surface area contributed by atoms with Crippen molar-refractivity contribution in [3.8, 4) is 28.7 Å². The first-order valence-corrected chi connectivity index (χ1v) is 36.3. The Morgan fingerprint density at radius 3 is 1.07 bits per heavy atom. The molecule has 16 rings (SSSR count). The Labute approximate surface area is 643 Å². The summed E-state index contributed by atoms with van der Waals surface area (Å²) in [6.45, 7) is 0.345. The molecular weight excluding hydrogens is 1470 g/mol. The summed E-state index contributed by atoms with van der Waals surface area (Å²) >= 11 is 0. The van der Waals surface area contributed by atoms with E-state index in [1.54, 1.807) is 96.3 Å². The number of aromatic nitrogens is 3. The van der Waals surface area contributed by atoms with Crippen LogP contribution in [0.2, 0.25) is 0 Å². The zero-order valence-electron chi connectivity index (χ0n) is 62.0. The Kier molecular flexibility index (Phi) is 21.5. The minimum atomic E-state index is -2.82. The number of carbonyl (C=O) groups is 6. The number of phenolic OH excluding ortho intramolecular Hbond substituents is 1. The molecule has 0 saturated carbocycles. The van der Waals surface area contributed by atoms with Gasteiger partial charge in [0.25, 0.3) is 41.4 Å². The fraction of sp³-hybridized carbons (Fsp3) is 0.267. The Morgan fingerprint density at radius 1 is 0.425 bits per heavy atom. The maximum absolute atomic E-state index is 14.1. The molecule has 2 saturated heterocycles. The largest absolute Gasteiger partial charge is 0.505 e. The van der Waals surface area contributed by atoms with Crippen molar-refractivity contribution >= 4 is 68.2 Å². The number of alkyl halides is 4. The number of phenols is 1. The van der Waals surface area contributed by atoms with E-state index in [1.165, 1.54) is 67.1 Å². The average molecular weight is 1550 g/mol. The number of halogens is 7. The van der Waals surface area contributed by atoms with E-state index < -0.39 is 61.2 Å². The number of benzene rings is 8. The number of ether oxygens (including phenoxy) is 4. The molecule has 0 unspecified atom stereocenters. The third-order valence-electron chi connectivity index (χ3n) is 20.9. The van der Waals surface area contributed by atoms with E-state index in [0.717, 1.165) is 44.5 Å². The van der Waals surface area contributed by atoms with Gasteiger partial charge in [0, 0.05) is 144 Å². The Bertz CT molecular complexity index is 5580. The first kappa shape index (κ1) is 77.1. The molecule has 580 valence electrons. The Morgan fingerprint density at radius 2 is 0.726 bits per heavy atom. The van der Waals surface area contributed by atoms with Gasteiger partial charge in [0.15, 0.2) is 17.2 Å². The standard InChI is InChI=1S/C33H30F3N3O4.C28H23FN2O5.C25H22F3N3O3/c1-38-18-26-27(32(41)39-13-11-33(35,36)12-14-39)25-16-22(15-20-3-7-23(34)8-4-20)17-37-29(25)30(28(26)31(38)40)43-19-21-5-9-24(42-2)10-6-21;1-31-14-22-23(28(33)34)21-12-18(11-16-3-7-19(29)8-4-16)13-30-25(21)26(24(22)27(31)32)36-15-17-5-9-20(35-2)10-6-17;1-30-13-18-19(24(34)31-8-6-25(27,28)7-9-31)17-11-15(10-14-2-4-16(26)5-3-14)12-29-21(17)22(32)20(18)23(30)33/h3-10,16-17H,11-15,18-19H2,1-2H3;3-10,12-13H,11,14-15H2,1-2H3,(H,33,34);2-5,11-12,32H,6-10,13H2,1H3. The van der Waals surface area contributed by atoms with Gasteiger partial charge < -0.3 is 53.7 Å². The van der Waals surface area contributed by atoms with Crippen molar-refractivity contribution in [2.24, 2.45) is 0 Å². The number of piperidine rings is 2. The molecule has 0 radical (unpaired) electrons. The highest BCUT2D eigenvalue weighted by Gasteiger charge is 2.43. The van der Waals surface area contributed by atoms with Crippen LogP contribution in [0.4, 0.5) is 30.7 Å². The third kappa shape index (κ3) is 16.0. The van der Waals surface area contributed by atoms with E-state index in [9.17, 15) is 69.7 Å². The van der Waals surface area contributed by atoms with Gasteiger partial charge in [-0.3, -0.25) is 38.9 Å². The van der Waals surface area contributed by atoms with Crippen molar-refractivity contribution in [3.63, 3.8) is 0 Å². The van der Waals surface area contributed by atoms with Crippen molar-refractivity contribution in [1.29, 1.82) is 0 Å². The summed E-state index contributed by atoms with van der Waals surface area (Å²) in [5, 5.41) is 22.2.